The topological polar surface area (TPSA) is 59.0 Å². The molecule has 0 saturated carbocycles. The minimum Gasteiger partial charge on any atom is -0.443 e. The zero-order chi connectivity index (χ0) is 11.4. The van der Waals surface area contributed by atoms with Crippen molar-refractivity contribution in [3.05, 3.63) is 35.9 Å². The van der Waals surface area contributed by atoms with Gasteiger partial charge in [0.1, 0.15) is 19.3 Å². The van der Waals surface area contributed by atoms with Crippen molar-refractivity contribution < 1.29 is 19.5 Å². The van der Waals surface area contributed by atoms with E-state index in [4.69, 9.17) is 14.7 Å². The van der Waals surface area contributed by atoms with E-state index in [1.807, 2.05) is 30.3 Å². The number of hydroxylamine groups is 2. The summed E-state index contributed by atoms with van der Waals surface area (Å²) in [6, 6.07) is 9.38. The molecular formula is C11H13NO4. The molecule has 0 aliphatic carbocycles. The first kappa shape index (κ1) is 10.9. The first-order valence-electron chi connectivity index (χ1n) is 5.05. The lowest BCUT2D eigenvalue weighted by atomic mass is 10.2. The van der Waals surface area contributed by atoms with Crippen LogP contribution in [-0.2, 0) is 16.2 Å². The predicted octanol–water partition coefficient (Wildman–Crippen LogP) is 0.931. The second-order valence-corrected chi connectivity index (χ2v) is 3.55. The molecule has 0 aromatic heterocycles. The number of benzene rings is 1. The summed E-state index contributed by atoms with van der Waals surface area (Å²) >= 11 is 0. The Morgan fingerprint density at radius 3 is 2.88 bits per heavy atom. The molecule has 1 amide bonds. The summed E-state index contributed by atoms with van der Waals surface area (Å²) in [7, 11) is 0. The maximum absolute atomic E-state index is 11.4. The summed E-state index contributed by atoms with van der Waals surface area (Å²) < 4.78 is 5.01. The van der Waals surface area contributed by atoms with Crippen molar-refractivity contribution in [1.29, 1.82) is 0 Å². The van der Waals surface area contributed by atoms with Gasteiger partial charge >= 0.3 is 6.09 Å². The Kier molecular flexibility index (Phi) is 3.38. The highest BCUT2D eigenvalue weighted by molar-refractivity contribution is 5.66. The molecule has 0 unspecified atom stereocenters. The minimum absolute atomic E-state index is 0.139. The van der Waals surface area contributed by atoms with Crippen molar-refractivity contribution in [2.45, 2.75) is 12.7 Å². The molecule has 5 heteroatoms. The highest BCUT2D eigenvalue weighted by Gasteiger charge is 2.27. The number of β-amino-alcohol motifs (C(OH)–C–C–N with tert-alkyl or cyclic N) is 1. The number of carbonyl (C=O) groups is 1. The summed E-state index contributed by atoms with van der Waals surface area (Å²) in [6.07, 6.45) is -1.19. The number of hydrogen-bond acceptors (Lipinski definition) is 4. The van der Waals surface area contributed by atoms with Gasteiger partial charge < -0.3 is 9.84 Å². The van der Waals surface area contributed by atoms with Gasteiger partial charge in [0.15, 0.2) is 0 Å². The maximum Gasteiger partial charge on any atom is 0.434 e. The van der Waals surface area contributed by atoms with Gasteiger partial charge in [0.2, 0.25) is 0 Å². The van der Waals surface area contributed by atoms with E-state index in [1.54, 1.807) is 0 Å². The van der Waals surface area contributed by atoms with Crippen molar-refractivity contribution in [1.82, 2.24) is 5.06 Å². The monoisotopic (exact) mass is 223 g/mol. The van der Waals surface area contributed by atoms with Crippen LogP contribution >= 0.6 is 0 Å². The third kappa shape index (κ3) is 2.71. The van der Waals surface area contributed by atoms with E-state index in [-0.39, 0.29) is 19.8 Å². The molecule has 1 aliphatic rings. The van der Waals surface area contributed by atoms with Crippen LogP contribution in [0.3, 0.4) is 0 Å². The van der Waals surface area contributed by atoms with Crippen LogP contribution in [0.4, 0.5) is 4.79 Å². The molecule has 1 saturated heterocycles. The Hall–Kier alpha value is -1.59. The molecule has 16 heavy (non-hydrogen) atoms. The minimum atomic E-state index is -0.621. The zero-order valence-electron chi connectivity index (χ0n) is 8.70. The molecule has 1 N–H and O–H groups in total. The van der Waals surface area contributed by atoms with Gasteiger partial charge in [-0.25, -0.2) is 4.79 Å². The Bertz CT molecular complexity index is 354. The van der Waals surface area contributed by atoms with E-state index in [2.05, 4.69) is 0 Å². The van der Waals surface area contributed by atoms with Gasteiger partial charge in [-0.05, 0) is 5.56 Å². The quantitative estimate of drug-likeness (QED) is 0.810. The van der Waals surface area contributed by atoms with Crippen LogP contribution < -0.4 is 0 Å². The summed E-state index contributed by atoms with van der Waals surface area (Å²) in [5.41, 5.74) is 0.913. The number of nitrogens with zero attached hydrogens (tertiary/aromatic N) is 1. The molecular weight excluding hydrogens is 210 g/mol. The van der Waals surface area contributed by atoms with Crippen LogP contribution in [-0.4, -0.2) is 35.5 Å². The third-order valence-electron chi connectivity index (χ3n) is 2.21. The van der Waals surface area contributed by atoms with Crippen molar-refractivity contribution in [2.75, 3.05) is 13.2 Å². The van der Waals surface area contributed by atoms with Crippen molar-refractivity contribution in [3.63, 3.8) is 0 Å². The summed E-state index contributed by atoms with van der Waals surface area (Å²) in [4.78, 5) is 16.4. The zero-order valence-corrected chi connectivity index (χ0v) is 8.70. The lowest BCUT2D eigenvalue weighted by molar-refractivity contribution is -0.0936. The van der Waals surface area contributed by atoms with Crippen LogP contribution in [0, 0.1) is 0 Å². The average molecular weight is 223 g/mol. The van der Waals surface area contributed by atoms with Crippen molar-refractivity contribution in [2.24, 2.45) is 0 Å². The predicted molar refractivity (Wildman–Crippen MR) is 55.3 cm³/mol. The summed E-state index contributed by atoms with van der Waals surface area (Å²) in [5.74, 6) is 0. The number of ether oxygens (including phenoxy) is 1. The first-order chi connectivity index (χ1) is 7.75. The summed E-state index contributed by atoms with van der Waals surface area (Å²) in [6.45, 7) is 0.504. The highest BCUT2D eigenvalue weighted by atomic mass is 16.7. The molecule has 0 bridgehead atoms. The molecule has 1 aromatic rings. The standard InChI is InChI=1S/C11H13NO4/c13-10-6-12(16-8-10)11(14)15-7-9-4-2-1-3-5-9/h1-5,10,13H,6-8H2/t10-/m1/s1. The molecule has 1 aliphatic heterocycles. The number of hydrogen-bond donors (Lipinski definition) is 1. The van der Waals surface area contributed by atoms with Crippen LogP contribution in [0.2, 0.25) is 0 Å². The molecule has 1 atom stereocenters. The molecule has 2 rings (SSSR count). The van der Waals surface area contributed by atoms with Crippen LogP contribution in [0.5, 0.6) is 0 Å². The Labute approximate surface area is 93.1 Å². The van der Waals surface area contributed by atoms with Crippen LogP contribution in [0.1, 0.15) is 5.56 Å². The fraction of sp³-hybridized carbons (Fsp3) is 0.364. The van der Waals surface area contributed by atoms with Gasteiger partial charge in [-0.3, -0.25) is 4.84 Å². The third-order valence-corrected chi connectivity index (χ3v) is 2.21. The number of aliphatic hydroxyl groups is 1. The number of amides is 1. The fourth-order valence-corrected chi connectivity index (χ4v) is 1.39. The normalized spacial score (nSPS) is 19.8. The van der Waals surface area contributed by atoms with Gasteiger partial charge in [0, 0.05) is 0 Å². The fourth-order valence-electron chi connectivity index (χ4n) is 1.39. The average Bonchev–Trinajstić information content (AvgIpc) is 2.74. The molecule has 1 fully saturated rings. The molecule has 1 aromatic carbocycles. The maximum atomic E-state index is 11.4. The van der Waals surface area contributed by atoms with Gasteiger partial charge in [-0.1, -0.05) is 30.3 Å². The molecule has 86 valence electrons. The van der Waals surface area contributed by atoms with E-state index in [0.717, 1.165) is 10.6 Å². The SMILES string of the molecule is O=C(OCc1ccccc1)N1C[C@@H](O)CO1. The second kappa shape index (κ2) is 4.96. The Balaban J connectivity index is 1.80. The summed E-state index contributed by atoms with van der Waals surface area (Å²) in [5, 5.41) is 10.2. The van der Waals surface area contributed by atoms with E-state index >= 15 is 0 Å². The number of carbonyl (C=O) groups excluding carboxylic acids is 1. The Morgan fingerprint density at radius 1 is 1.50 bits per heavy atom. The molecule has 0 radical (unpaired) electrons. The van der Waals surface area contributed by atoms with Crippen LogP contribution in [0.15, 0.2) is 30.3 Å². The van der Waals surface area contributed by atoms with E-state index in [1.165, 1.54) is 0 Å². The Morgan fingerprint density at radius 2 is 2.25 bits per heavy atom. The smallest absolute Gasteiger partial charge is 0.434 e. The van der Waals surface area contributed by atoms with E-state index < -0.39 is 12.2 Å². The molecule has 1 heterocycles. The van der Waals surface area contributed by atoms with E-state index in [0.29, 0.717) is 0 Å². The lowest BCUT2D eigenvalue weighted by Crippen LogP contribution is -2.28. The first-order valence-corrected chi connectivity index (χ1v) is 5.05. The van der Waals surface area contributed by atoms with Crippen molar-refractivity contribution >= 4 is 6.09 Å². The van der Waals surface area contributed by atoms with Gasteiger partial charge in [-0.15, -0.1) is 0 Å². The van der Waals surface area contributed by atoms with E-state index in [9.17, 15) is 4.79 Å². The molecule has 0 spiro atoms. The van der Waals surface area contributed by atoms with Gasteiger partial charge in [0.25, 0.3) is 0 Å². The van der Waals surface area contributed by atoms with Gasteiger partial charge in [-0.2, -0.15) is 5.06 Å². The van der Waals surface area contributed by atoms with Crippen LogP contribution in [0.25, 0.3) is 0 Å². The van der Waals surface area contributed by atoms with Gasteiger partial charge in [0.05, 0.1) is 6.54 Å². The second-order valence-electron chi connectivity index (χ2n) is 3.55. The molecule has 5 nitrogen and oxygen atoms in total. The van der Waals surface area contributed by atoms with Crippen molar-refractivity contribution in [3.8, 4) is 0 Å². The highest BCUT2D eigenvalue weighted by Crippen LogP contribution is 2.09. The number of rotatable bonds is 2. The largest absolute Gasteiger partial charge is 0.443 e. The number of aliphatic hydroxyl groups excluding tert-OH is 1. The lowest BCUT2D eigenvalue weighted by Gasteiger charge is -2.13.